The first-order chi connectivity index (χ1) is 8.16. The van der Waals surface area contributed by atoms with E-state index in [1.165, 1.54) is 6.07 Å². The molecule has 1 N–H and O–H groups in total. The number of ether oxygens (including phenoxy) is 1. The number of carbonyl (C=O) groups is 1. The fraction of sp³-hybridized carbons (Fsp3) is 0.417. The van der Waals surface area contributed by atoms with Gasteiger partial charge in [-0.05, 0) is 31.0 Å². The number of benzene rings is 1. The topological polar surface area (TPSA) is 38.3 Å². The molecule has 0 aliphatic carbocycles. The van der Waals surface area contributed by atoms with Crippen molar-refractivity contribution in [3.8, 4) is 0 Å². The van der Waals surface area contributed by atoms with Gasteiger partial charge in [0.25, 0.3) is 5.91 Å². The molecule has 1 aromatic carbocycles. The first kappa shape index (κ1) is 12.0. The molecule has 0 radical (unpaired) electrons. The summed E-state index contributed by atoms with van der Waals surface area (Å²) in [5, 5.41) is 2.77. The van der Waals surface area contributed by atoms with Crippen molar-refractivity contribution < 1.29 is 18.3 Å². The van der Waals surface area contributed by atoms with Gasteiger partial charge in [0.05, 0.1) is 0 Å². The summed E-state index contributed by atoms with van der Waals surface area (Å²) in [6, 6.07) is 3.18. The SMILES string of the molecule is O=C(NC1CCOCC1)c1ccc(F)c(F)c1. The van der Waals surface area contributed by atoms with Gasteiger partial charge in [-0.15, -0.1) is 0 Å². The summed E-state index contributed by atoms with van der Waals surface area (Å²) in [4.78, 5) is 11.7. The average molecular weight is 241 g/mol. The molecular weight excluding hydrogens is 228 g/mol. The molecule has 0 saturated carbocycles. The third kappa shape index (κ3) is 3.00. The van der Waals surface area contributed by atoms with Gasteiger partial charge in [0.15, 0.2) is 11.6 Å². The van der Waals surface area contributed by atoms with Crippen LogP contribution in [0, 0.1) is 11.6 Å². The third-order valence-electron chi connectivity index (χ3n) is 2.74. The molecule has 1 aliphatic heterocycles. The molecule has 0 bridgehead atoms. The van der Waals surface area contributed by atoms with Crippen LogP contribution in [0.15, 0.2) is 18.2 Å². The van der Waals surface area contributed by atoms with E-state index in [1.807, 2.05) is 0 Å². The second-order valence-electron chi connectivity index (χ2n) is 3.99. The summed E-state index contributed by atoms with van der Waals surface area (Å²) in [7, 11) is 0. The fourth-order valence-electron chi connectivity index (χ4n) is 1.75. The van der Waals surface area contributed by atoms with Crippen molar-refractivity contribution in [1.29, 1.82) is 0 Å². The van der Waals surface area contributed by atoms with E-state index in [-0.39, 0.29) is 17.5 Å². The van der Waals surface area contributed by atoms with Gasteiger partial charge in [0, 0.05) is 24.8 Å². The zero-order valence-corrected chi connectivity index (χ0v) is 9.21. The molecule has 5 heteroatoms. The van der Waals surface area contributed by atoms with Crippen molar-refractivity contribution >= 4 is 5.91 Å². The van der Waals surface area contributed by atoms with Crippen molar-refractivity contribution in [3.63, 3.8) is 0 Å². The van der Waals surface area contributed by atoms with E-state index in [0.29, 0.717) is 13.2 Å². The Bertz CT molecular complexity index is 417. The van der Waals surface area contributed by atoms with Gasteiger partial charge < -0.3 is 10.1 Å². The molecule has 1 saturated heterocycles. The molecule has 17 heavy (non-hydrogen) atoms. The number of hydrogen-bond donors (Lipinski definition) is 1. The summed E-state index contributed by atoms with van der Waals surface area (Å²) in [5.41, 5.74) is 0.135. The minimum Gasteiger partial charge on any atom is -0.381 e. The number of nitrogens with one attached hydrogen (secondary N) is 1. The standard InChI is InChI=1S/C12H13F2NO2/c13-10-2-1-8(7-11(10)14)12(16)15-9-3-5-17-6-4-9/h1-2,7,9H,3-6H2,(H,15,16). The van der Waals surface area contributed by atoms with Crippen LogP contribution < -0.4 is 5.32 Å². The minimum absolute atomic E-state index is 0.0457. The fourth-order valence-corrected chi connectivity index (χ4v) is 1.75. The third-order valence-corrected chi connectivity index (χ3v) is 2.74. The Morgan fingerprint density at radius 1 is 1.24 bits per heavy atom. The number of rotatable bonds is 2. The first-order valence-corrected chi connectivity index (χ1v) is 5.50. The second kappa shape index (κ2) is 5.23. The van der Waals surface area contributed by atoms with Crippen LogP contribution in [0.2, 0.25) is 0 Å². The highest BCUT2D eigenvalue weighted by Crippen LogP contribution is 2.11. The zero-order chi connectivity index (χ0) is 12.3. The molecule has 1 fully saturated rings. The molecular formula is C12H13F2NO2. The lowest BCUT2D eigenvalue weighted by atomic mass is 10.1. The van der Waals surface area contributed by atoms with E-state index < -0.39 is 11.6 Å². The Kier molecular flexibility index (Phi) is 3.68. The van der Waals surface area contributed by atoms with E-state index in [1.54, 1.807) is 0 Å². The van der Waals surface area contributed by atoms with Crippen LogP contribution in [0.4, 0.5) is 8.78 Å². The largest absolute Gasteiger partial charge is 0.381 e. The second-order valence-corrected chi connectivity index (χ2v) is 3.99. The van der Waals surface area contributed by atoms with Crippen LogP contribution in [0.3, 0.4) is 0 Å². The predicted molar refractivity (Wildman–Crippen MR) is 57.7 cm³/mol. The lowest BCUT2D eigenvalue weighted by molar-refractivity contribution is 0.0696. The summed E-state index contributed by atoms with van der Waals surface area (Å²) < 4.78 is 30.8. The first-order valence-electron chi connectivity index (χ1n) is 5.50. The quantitative estimate of drug-likeness (QED) is 0.858. The van der Waals surface area contributed by atoms with Crippen LogP contribution in [0.5, 0.6) is 0 Å². The van der Waals surface area contributed by atoms with Gasteiger partial charge in [-0.25, -0.2) is 8.78 Å². The predicted octanol–water partition coefficient (Wildman–Crippen LogP) is 1.87. The van der Waals surface area contributed by atoms with E-state index >= 15 is 0 Å². The Morgan fingerprint density at radius 3 is 2.59 bits per heavy atom. The molecule has 0 unspecified atom stereocenters. The minimum atomic E-state index is -1.01. The maximum Gasteiger partial charge on any atom is 0.251 e. The van der Waals surface area contributed by atoms with Gasteiger partial charge in [-0.3, -0.25) is 4.79 Å². The highest BCUT2D eigenvalue weighted by Gasteiger charge is 2.17. The van der Waals surface area contributed by atoms with E-state index in [2.05, 4.69) is 5.32 Å². The van der Waals surface area contributed by atoms with Crippen molar-refractivity contribution in [2.24, 2.45) is 0 Å². The van der Waals surface area contributed by atoms with Gasteiger partial charge >= 0.3 is 0 Å². The van der Waals surface area contributed by atoms with Crippen molar-refractivity contribution in [1.82, 2.24) is 5.32 Å². The highest BCUT2D eigenvalue weighted by atomic mass is 19.2. The summed E-state index contributed by atoms with van der Waals surface area (Å²) in [5.74, 6) is -2.34. The van der Waals surface area contributed by atoms with Gasteiger partial charge in [-0.2, -0.15) is 0 Å². The van der Waals surface area contributed by atoms with E-state index in [0.717, 1.165) is 25.0 Å². The summed E-state index contributed by atoms with van der Waals surface area (Å²) in [6.07, 6.45) is 1.49. The molecule has 1 heterocycles. The van der Waals surface area contributed by atoms with Gasteiger partial charge in [0.1, 0.15) is 0 Å². The molecule has 0 aromatic heterocycles. The molecule has 92 valence electrons. The van der Waals surface area contributed by atoms with E-state index in [4.69, 9.17) is 4.74 Å². The number of hydrogen-bond acceptors (Lipinski definition) is 2. The van der Waals surface area contributed by atoms with E-state index in [9.17, 15) is 13.6 Å². The number of carbonyl (C=O) groups excluding carboxylic acids is 1. The Balaban J connectivity index is 2.01. The lowest BCUT2D eigenvalue weighted by Crippen LogP contribution is -2.38. The summed E-state index contributed by atoms with van der Waals surface area (Å²) in [6.45, 7) is 1.23. The van der Waals surface area contributed by atoms with Crippen molar-refractivity contribution in [3.05, 3.63) is 35.4 Å². The van der Waals surface area contributed by atoms with Crippen molar-refractivity contribution in [2.75, 3.05) is 13.2 Å². The Labute approximate surface area is 97.8 Å². The Hall–Kier alpha value is -1.49. The lowest BCUT2D eigenvalue weighted by Gasteiger charge is -2.23. The molecule has 1 aliphatic rings. The normalized spacial score (nSPS) is 16.8. The average Bonchev–Trinajstić information content (AvgIpc) is 2.34. The molecule has 2 rings (SSSR count). The smallest absolute Gasteiger partial charge is 0.251 e. The maximum absolute atomic E-state index is 12.9. The van der Waals surface area contributed by atoms with Crippen LogP contribution >= 0.6 is 0 Å². The van der Waals surface area contributed by atoms with Gasteiger partial charge in [0.2, 0.25) is 0 Å². The molecule has 1 aromatic rings. The van der Waals surface area contributed by atoms with Crippen molar-refractivity contribution in [2.45, 2.75) is 18.9 Å². The molecule has 1 amide bonds. The summed E-state index contributed by atoms with van der Waals surface area (Å²) >= 11 is 0. The number of halogens is 2. The Morgan fingerprint density at radius 2 is 1.94 bits per heavy atom. The number of amides is 1. The zero-order valence-electron chi connectivity index (χ0n) is 9.21. The van der Waals surface area contributed by atoms with Crippen LogP contribution in [-0.2, 0) is 4.74 Å². The van der Waals surface area contributed by atoms with Crippen LogP contribution in [0.25, 0.3) is 0 Å². The molecule has 0 spiro atoms. The van der Waals surface area contributed by atoms with Crippen LogP contribution in [-0.4, -0.2) is 25.2 Å². The monoisotopic (exact) mass is 241 g/mol. The van der Waals surface area contributed by atoms with Crippen LogP contribution in [0.1, 0.15) is 23.2 Å². The molecule has 0 atom stereocenters. The van der Waals surface area contributed by atoms with Gasteiger partial charge in [-0.1, -0.05) is 0 Å². The maximum atomic E-state index is 12.9. The highest BCUT2D eigenvalue weighted by molar-refractivity contribution is 5.94. The molecule has 3 nitrogen and oxygen atoms in total.